The van der Waals surface area contributed by atoms with Crippen LogP contribution in [0, 0.1) is 5.92 Å². The van der Waals surface area contributed by atoms with Gasteiger partial charge in [0.2, 0.25) is 0 Å². The van der Waals surface area contributed by atoms with Gasteiger partial charge in [0, 0.05) is 57.0 Å². The van der Waals surface area contributed by atoms with Crippen molar-refractivity contribution in [2.75, 3.05) is 32.7 Å². The van der Waals surface area contributed by atoms with Crippen molar-refractivity contribution in [3.8, 4) is 28.6 Å². The standard InChI is InChI=1S/C27H32N2O5/c30-20-8-6-19(7-9-20)25-15-24(33)26-23(32)14-22(31)21(27(26)34-25)17-29-12-10-28(11-13-29)16-18-4-2-1-3-5-18/h6-9,14-15,18,30-32H,1-5,10-13,16-17H2. The molecule has 180 valence electrons. The molecule has 0 unspecified atom stereocenters. The number of benzene rings is 2. The lowest BCUT2D eigenvalue weighted by molar-refractivity contribution is 0.105. The Bertz CT molecular complexity index is 1210. The van der Waals surface area contributed by atoms with Crippen LogP contribution in [0.5, 0.6) is 17.2 Å². The molecule has 2 fully saturated rings. The van der Waals surface area contributed by atoms with E-state index in [1.54, 1.807) is 12.1 Å². The van der Waals surface area contributed by atoms with Crippen molar-refractivity contribution < 1.29 is 19.7 Å². The fourth-order valence-electron chi connectivity index (χ4n) is 5.36. The van der Waals surface area contributed by atoms with Crippen molar-refractivity contribution in [2.45, 2.75) is 38.6 Å². The zero-order valence-corrected chi connectivity index (χ0v) is 19.4. The summed E-state index contributed by atoms with van der Waals surface area (Å²) in [5, 5.41) is 30.7. The maximum Gasteiger partial charge on any atom is 0.197 e. The second-order valence-corrected chi connectivity index (χ2v) is 9.70. The highest BCUT2D eigenvalue weighted by Crippen LogP contribution is 2.36. The zero-order chi connectivity index (χ0) is 23.7. The van der Waals surface area contributed by atoms with Gasteiger partial charge in [0.1, 0.15) is 28.4 Å². The number of hydrogen-bond acceptors (Lipinski definition) is 7. The van der Waals surface area contributed by atoms with Crippen LogP contribution in [0.3, 0.4) is 0 Å². The third kappa shape index (κ3) is 4.76. The van der Waals surface area contributed by atoms with Crippen LogP contribution >= 0.6 is 0 Å². The van der Waals surface area contributed by atoms with E-state index >= 15 is 0 Å². The van der Waals surface area contributed by atoms with Gasteiger partial charge in [-0.25, -0.2) is 0 Å². The van der Waals surface area contributed by atoms with Gasteiger partial charge in [-0.05, 0) is 43.0 Å². The molecule has 0 radical (unpaired) electrons. The van der Waals surface area contributed by atoms with Crippen LogP contribution in [0.2, 0.25) is 0 Å². The number of piperazine rings is 1. The van der Waals surface area contributed by atoms with Crippen LogP contribution in [0.4, 0.5) is 0 Å². The van der Waals surface area contributed by atoms with Crippen molar-refractivity contribution in [3.63, 3.8) is 0 Å². The molecule has 7 nitrogen and oxygen atoms in total. The van der Waals surface area contributed by atoms with Crippen LogP contribution in [-0.4, -0.2) is 57.8 Å². The summed E-state index contributed by atoms with van der Waals surface area (Å²) in [7, 11) is 0. The Morgan fingerprint density at radius 2 is 1.53 bits per heavy atom. The third-order valence-corrected chi connectivity index (χ3v) is 7.30. The van der Waals surface area contributed by atoms with Gasteiger partial charge in [0.05, 0.1) is 5.56 Å². The molecule has 1 saturated heterocycles. The lowest BCUT2D eigenvalue weighted by atomic mass is 9.89. The first-order valence-corrected chi connectivity index (χ1v) is 12.2. The predicted octanol–water partition coefficient (Wildman–Crippen LogP) is 4.27. The van der Waals surface area contributed by atoms with E-state index in [1.807, 2.05) is 0 Å². The zero-order valence-electron chi connectivity index (χ0n) is 19.4. The molecule has 0 amide bonds. The second kappa shape index (κ2) is 9.68. The van der Waals surface area contributed by atoms with Gasteiger partial charge < -0.3 is 24.6 Å². The predicted molar refractivity (Wildman–Crippen MR) is 131 cm³/mol. The molecular formula is C27H32N2O5. The number of rotatable bonds is 5. The molecule has 5 rings (SSSR count). The van der Waals surface area contributed by atoms with E-state index in [0.29, 0.717) is 23.4 Å². The number of nitrogens with zero attached hydrogens (tertiary/aromatic N) is 2. The molecule has 3 N–H and O–H groups in total. The van der Waals surface area contributed by atoms with Crippen LogP contribution in [0.1, 0.15) is 37.7 Å². The normalized spacial score (nSPS) is 18.5. The van der Waals surface area contributed by atoms with E-state index in [-0.39, 0.29) is 33.6 Å². The number of fused-ring (bicyclic) bond motifs is 1. The van der Waals surface area contributed by atoms with Gasteiger partial charge in [-0.15, -0.1) is 0 Å². The molecule has 7 heteroatoms. The first-order valence-electron chi connectivity index (χ1n) is 12.2. The van der Waals surface area contributed by atoms with Gasteiger partial charge >= 0.3 is 0 Å². The summed E-state index contributed by atoms with van der Waals surface area (Å²) in [4.78, 5) is 17.7. The Morgan fingerprint density at radius 3 is 2.24 bits per heavy atom. The van der Waals surface area contributed by atoms with Gasteiger partial charge in [-0.2, -0.15) is 0 Å². The molecule has 1 aliphatic carbocycles. The molecule has 2 heterocycles. The molecule has 34 heavy (non-hydrogen) atoms. The van der Waals surface area contributed by atoms with Gasteiger partial charge in [0.15, 0.2) is 11.0 Å². The number of phenols is 3. The summed E-state index contributed by atoms with van der Waals surface area (Å²) in [6.45, 7) is 5.31. The minimum Gasteiger partial charge on any atom is -0.508 e. The Kier molecular flexibility index (Phi) is 6.48. The first kappa shape index (κ1) is 22.7. The van der Waals surface area contributed by atoms with Crippen molar-refractivity contribution >= 4 is 11.0 Å². The monoisotopic (exact) mass is 464 g/mol. The minimum atomic E-state index is -0.375. The van der Waals surface area contributed by atoms with Crippen LogP contribution in [0.15, 0.2) is 45.6 Å². The Morgan fingerprint density at radius 1 is 0.853 bits per heavy atom. The minimum absolute atomic E-state index is 0.0752. The van der Waals surface area contributed by atoms with E-state index in [9.17, 15) is 20.1 Å². The summed E-state index contributed by atoms with van der Waals surface area (Å²) in [6, 6.07) is 8.93. The maximum absolute atomic E-state index is 12.9. The molecule has 1 aromatic heterocycles. The van der Waals surface area contributed by atoms with Gasteiger partial charge in [-0.3, -0.25) is 9.69 Å². The average molecular weight is 465 g/mol. The molecule has 2 aromatic carbocycles. The van der Waals surface area contributed by atoms with E-state index in [2.05, 4.69) is 9.80 Å². The second-order valence-electron chi connectivity index (χ2n) is 9.70. The fourth-order valence-corrected chi connectivity index (χ4v) is 5.36. The highest BCUT2D eigenvalue weighted by atomic mass is 16.3. The van der Waals surface area contributed by atoms with Crippen molar-refractivity contribution in [1.29, 1.82) is 0 Å². The van der Waals surface area contributed by atoms with E-state index in [0.717, 1.165) is 32.1 Å². The van der Waals surface area contributed by atoms with E-state index in [1.165, 1.54) is 62.9 Å². The maximum atomic E-state index is 12.9. The molecule has 3 aromatic rings. The van der Waals surface area contributed by atoms with Crippen LogP contribution in [0.25, 0.3) is 22.3 Å². The molecule has 1 aliphatic heterocycles. The smallest absolute Gasteiger partial charge is 0.197 e. The van der Waals surface area contributed by atoms with Crippen molar-refractivity contribution in [3.05, 3.63) is 52.2 Å². The SMILES string of the molecule is O=c1cc(-c2ccc(O)cc2)oc2c(CN3CCN(CC4CCCCC4)CC3)c(O)cc(O)c12. The quantitative estimate of drug-likeness (QED) is 0.519. The van der Waals surface area contributed by atoms with Gasteiger partial charge in [0.25, 0.3) is 0 Å². The van der Waals surface area contributed by atoms with Gasteiger partial charge in [-0.1, -0.05) is 19.3 Å². The summed E-state index contributed by atoms with van der Waals surface area (Å²) in [5.74, 6) is 0.879. The summed E-state index contributed by atoms with van der Waals surface area (Å²) in [6.07, 6.45) is 6.77. The molecule has 2 aliphatic rings. The summed E-state index contributed by atoms with van der Waals surface area (Å²) < 4.78 is 6.09. The number of phenolic OH excluding ortho intramolecular Hbond substituents is 3. The lowest BCUT2D eigenvalue weighted by Crippen LogP contribution is -2.47. The van der Waals surface area contributed by atoms with E-state index in [4.69, 9.17) is 4.42 Å². The third-order valence-electron chi connectivity index (χ3n) is 7.30. The highest BCUT2D eigenvalue weighted by molar-refractivity contribution is 5.89. The fraction of sp³-hybridized carbons (Fsp3) is 0.444. The number of hydrogen-bond donors (Lipinski definition) is 3. The van der Waals surface area contributed by atoms with Crippen molar-refractivity contribution in [2.24, 2.45) is 5.92 Å². The van der Waals surface area contributed by atoms with E-state index < -0.39 is 0 Å². The van der Waals surface area contributed by atoms with Crippen LogP contribution < -0.4 is 5.43 Å². The topological polar surface area (TPSA) is 97.4 Å². The molecule has 1 saturated carbocycles. The van der Waals surface area contributed by atoms with Crippen molar-refractivity contribution in [1.82, 2.24) is 9.80 Å². The molecular weight excluding hydrogens is 432 g/mol. The summed E-state index contributed by atoms with van der Waals surface area (Å²) >= 11 is 0. The highest BCUT2D eigenvalue weighted by Gasteiger charge is 2.24. The largest absolute Gasteiger partial charge is 0.508 e. The lowest BCUT2D eigenvalue weighted by Gasteiger charge is -2.37. The Labute approximate surface area is 198 Å². The first-order chi connectivity index (χ1) is 16.5. The molecule has 0 atom stereocenters. The van der Waals surface area contributed by atoms with Crippen LogP contribution in [-0.2, 0) is 6.54 Å². The summed E-state index contributed by atoms with van der Waals surface area (Å²) in [5.41, 5.74) is 0.964. The molecule has 0 spiro atoms. The molecule has 0 bridgehead atoms. The number of aromatic hydroxyl groups is 3. The Balaban J connectivity index is 1.38. The Hall–Kier alpha value is -3.03. The average Bonchev–Trinajstić information content (AvgIpc) is 2.83.